The first-order valence-corrected chi connectivity index (χ1v) is 11.2. The van der Waals surface area contributed by atoms with E-state index in [0.29, 0.717) is 19.5 Å². The molecule has 0 unspecified atom stereocenters. The van der Waals surface area contributed by atoms with E-state index >= 15 is 0 Å². The largest absolute Gasteiger partial charge is 0.326 e. The SMILES string of the molecule is CCN1C(=O)C(C)(C)c2cc(NC(=O)CCn3ncc4c3c(C)nn4C(C)C)cc(C)c21. The van der Waals surface area contributed by atoms with Gasteiger partial charge in [0.1, 0.15) is 11.0 Å². The molecular weight excluding hydrogens is 404 g/mol. The van der Waals surface area contributed by atoms with E-state index in [2.05, 4.69) is 29.4 Å². The second-order valence-corrected chi connectivity index (χ2v) is 9.39. The number of anilines is 2. The molecule has 0 saturated heterocycles. The third kappa shape index (κ3) is 3.38. The second kappa shape index (κ2) is 7.76. The summed E-state index contributed by atoms with van der Waals surface area (Å²) < 4.78 is 3.81. The van der Waals surface area contributed by atoms with Crippen molar-refractivity contribution in [2.75, 3.05) is 16.8 Å². The van der Waals surface area contributed by atoms with Gasteiger partial charge in [-0.1, -0.05) is 0 Å². The number of nitrogens with zero attached hydrogens (tertiary/aromatic N) is 5. The molecule has 1 N–H and O–H groups in total. The first-order valence-electron chi connectivity index (χ1n) is 11.2. The average Bonchev–Trinajstić information content (AvgIpc) is 3.34. The van der Waals surface area contributed by atoms with Crippen molar-refractivity contribution in [1.82, 2.24) is 19.6 Å². The molecule has 0 fully saturated rings. The molecule has 0 aliphatic carbocycles. The maximum Gasteiger partial charge on any atom is 0.237 e. The number of aromatic nitrogens is 4. The molecule has 8 heteroatoms. The lowest BCUT2D eigenvalue weighted by Crippen LogP contribution is -2.36. The Morgan fingerprint density at radius 3 is 2.59 bits per heavy atom. The van der Waals surface area contributed by atoms with Crippen molar-refractivity contribution in [3.05, 3.63) is 35.2 Å². The number of likely N-dealkylation sites (N-methyl/N-ethyl adjacent to an activating group) is 1. The van der Waals surface area contributed by atoms with Crippen molar-refractivity contribution in [2.45, 2.75) is 72.9 Å². The van der Waals surface area contributed by atoms with Crippen LogP contribution in [0.3, 0.4) is 0 Å². The number of amides is 2. The van der Waals surface area contributed by atoms with Crippen LogP contribution in [-0.2, 0) is 21.5 Å². The number of hydrogen-bond acceptors (Lipinski definition) is 4. The van der Waals surface area contributed by atoms with Crippen LogP contribution in [0.15, 0.2) is 18.3 Å². The van der Waals surface area contributed by atoms with Gasteiger partial charge in [0.15, 0.2) is 0 Å². The van der Waals surface area contributed by atoms with Gasteiger partial charge in [-0.3, -0.25) is 19.0 Å². The Kier molecular flexibility index (Phi) is 5.35. The summed E-state index contributed by atoms with van der Waals surface area (Å²) in [6.07, 6.45) is 2.11. The molecule has 2 amide bonds. The minimum Gasteiger partial charge on any atom is -0.326 e. The van der Waals surface area contributed by atoms with Crippen LogP contribution in [0.2, 0.25) is 0 Å². The molecule has 2 aromatic heterocycles. The van der Waals surface area contributed by atoms with E-state index < -0.39 is 5.41 Å². The van der Waals surface area contributed by atoms with Crippen molar-refractivity contribution in [3.8, 4) is 0 Å². The third-order valence-electron chi connectivity index (χ3n) is 6.33. The predicted molar refractivity (Wildman–Crippen MR) is 126 cm³/mol. The summed E-state index contributed by atoms with van der Waals surface area (Å²) in [5.41, 5.74) is 5.91. The second-order valence-electron chi connectivity index (χ2n) is 9.39. The first kappa shape index (κ1) is 22.0. The van der Waals surface area contributed by atoms with Gasteiger partial charge >= 0.3 is 0 Å². The Morgan fingerprint density at radius 1 is 1.22 bits per heavy atom. The minimum absolute atomic E-state index is 0.0867. The Hall–Kier alpha value is -3.16. The van der Waals surface area contributed by atoms with E-state index in [1.807, 2.05) is 67.2 Å². The molecular formula is C24H32N6O2. The predicted octanol–water partition coefficient (Wildman–Crippen LogP) is 4.10. The van der Waals surface area contributed by atoms with E-state index in [-0.39, 0.29) is 17.9 Å². The highest BCUT2D eigenvalue weighted by molar-refractivity contribution is 6.09. The van der Waals surface area contributed by atoms with Gasteiger partial charge in [-0.2, -0.15) is 10.2 Å². The van der Waals surface area contributed by atoms with Gasteiger partial charge in [0.05, 0.1) is 29.5 Å². The molecule has 0 saturated carbocycles. The molecule has 0 radical (unpaired) electrons. The number of aryl methyl sites for hydroxylation is 3. The first-order chi connectivity index (χ1) is 15.1. The Morgan fingerprint density at radius 2 is 1.94 bits per heavy atom. The summed E-state index contributed by atoms with van der Waals surface area (Å²) >= 11 is 0. The molecule has 0 bridgehead atoms. The number of carbonyl (C=O) groups is 2. The van der Waals surface area contributed by atoms with E-state index in [0.717, 1.165) is 39.2 Å². The number of fused-ring (bicyclic) bond motifs is 2. The van der Waals surface area contributed by atoms with Crippen molar-refractivity contribution >= 4 is 34.2 Å². The molecule has 32 heavy (non-hydrogen) atoms. The molecule has 1 aliphatic heterocycles. The molecule has 3 heterocycles. The molecule has 3 aromatic rings. The van der Waals surface area contributed by atoms with Crippen LogP contribution in [0.4, 0.5) is 11.4 Å². The van der Waals surface area contributed by atoms with Crippen LogP contribution in [0.5, 0.6) is 0 Å². The van der Waals surface area contributed by atoms with Crippen LogP contribution in [0, 0.1) is 13.8 Å². The maximum atomic E-state index is 12.8. The van der Waals surface area contributed by atoms with E-state index in [9.17, 15) is 9.59 Å². The molecule has 4 rings (SSSR count). The Balaban J connectivity index is 1.52. The van der Waals surface area contributed by atoms with Gasteiger partial charge < -0.3 is 10.2 Å². The van der Waals surface area contributed by atoms with Crippen LogP contribution in [-0.4, -0.2) is 37.9 Å². The summed E-state index contributed by atoms with van der Waals surface area (Å²) in [4.78, 5) is 27.4. The molecule has 0 atom stereocenters. The summed E-state index contributed by atoms with van der Waals surface area (Å²) in [5.74, 6) is 0.0120. The number of nitrogens with one attached hydrogen (secondary N) is 1. The minimum atomic E-state index is -0.606. The quantitative estimate of drug-likeness (QED) is 0.630. The Bertz CT molecular complexity index is 1220. The fourth-order valence-corrected chi connectivity index (χ4v) is 4.71. The topological polar surface area (TPSA) is 85.1 Å². The Labute approximate surface area is 188 Å². The zero-order chi connectivity index (χ0) is 23.4. The molecule has 1 aromatic carbocycles. The monoisotopic (exact) mass is 436 g/mol. The van der Waals surface area contributed by atoms with E-state index in [4.69, 9.17) is 0 Å². The zero-order valence-electron chi connectivity index (χ0n) is 20.0. The lowest BCUT2D eigenvalue weighted by atomic mass is 9.85. The third-order valence-corrected chi connectivity index (χ3v) is 6.33. The molecule has 1 aliphatic rings. The fourth-order valence-electron chi connectivity index (χ4n) is 4.71. The normalized spacial score (nSPS) is 15.1. The van der Waals surface area contributed by atoms with Gasteiger partial charge in [-0.25, -0.2) is 0 Å². The highest BCUT2D eigenvalue weighted by atomic mass is 16.2. The summed E-state index contributed by atoms with van der Waals surface area (Å²) in [7, 11) is 0. The average molecular weight is 437 g/mol. The van der Waals surface area contributed by atoms with Crippen LogP contribution < -0.4 is 10.2 Å². The van der Waals surface area contributed by atoms with Gasteiger partial charge in [-0.15, -0.1) is 0 Å². The molecule has 0 spiro atoms. The van der Waals surface area contributed by atoms with Gasteiger partial charge in [0.2, 0.25) is 11.8 Å². The van der Waals surface area contributed by atoms with E-state index in [1.165, 1.54) is 0 Å². The summed E-state index contributed by atoms with van der Waals surface area (Å²) in [6.45, 7) is 15.1. The number of rotatable bonds is 6. The van der Waals surface area contributed by atoms with Crippen molar-refractivity contribution in [3.63, 3.8) is 0 Å². The van der Waals surface area contributed by atoms with Crippen LogP contribution in [0.1, 0.15) is 63.9 Å². The zero-order valence-corrected chi connectivity index (χ0v) is 20.0. The summed E-state index contributed by atoms with van der Waals surface area (Å²) in [6, 6.07) is 4.13. The lowest BCUT2D eigenvalue weighted by Gasteiger charge is -2.18. The smallest absolute Gasteiger partial charge is 0.237 e. The summed E-state index contributed by atoms with van der Waals surface area (Å²) in [5, 5.41) is 12.1. The van der Waals surface area contributed by atoms with Gasteiger partial charge in [-0.05, 0) is 71.7 Å². The van der Waals surface area contributed by atoms with Crippen molar-refractivity contribution < 1.29 is 9.59 Å². The van der Waals surface area contributed by atoms with E-state index in [1.54, 1.807) is 0 Å². The standard InChI is InChI=1S/C24H32N6O2/c1-8-28-21-15(4)11-17(12-18(21)24(6,7)23(28)32)26-20(31)9-10-29-22-16(5)27-30(14(2)3)19(22)13-25-29/h11-14H,8-10H2,1-7H3,(H,26,31). The van der Waals surface area contributed by atoms with Gasteiger partial charge in [0.25, 0.3) is 0 Å². The fraction of sp³-hybridized carbons (Fsp3) is 0.500. The van der Waals surface area contributed by atoms with Crippen LogP contribution >= 0.6 is 0 Å². The highest BCUT2D eigenvalue weighted by Gasteiger charge is 2.44. The van der Waals surface area contributed by atoms with Crippen molar-refractivity contribution in [2.24, 2.45) is 0 Å². The maximum absolute atomic E-state index is 12.8. The number of hydrogen-bond donors (Lipinski definition) is 1. The molecule has 8 nitrogen and oxygen atoms in total. The van der Waals surface area contributed by atoms with Gasteiger partial charge in [0, 0.05) is 24.7 Å². The highest BCUT2D eigenvalue weighted by Crippen LogP contribution is 2.44. The lowest BCUT2D eigenvalue weighted by molar-refractivity contribution is -0.122. The number of benzene rings is 1. The van der Waals surface area contributed by atoms with Crippen LogP contribution in [0.25, 0.3) is 11.0 Å². The van der Waals surface area contributed by atoms with Crippen molar-refractivity contribution in [1.29, 1.82) is 0 Å². The number of carbonyl (C=O) groups excluding carboxylic acids is 2. The molecule has 170 valence electrons.